The zero-order valence-electron chi connectivity index (χ0n) is 8.90. The van der Waals surface area contributed by atoms with Crippen LogP contribution in [0.15, 0.2) is 24.3 Å². The highest BCUT2D eigenvalue weighted by Crippen LogP contribution is 2.18. The number of amides is 1. The molecule has 2 rings (SSSR count). The van der Waals surface area contributed by atoms with E-state index in [0.29, 0.717) is 18.5 Å². The second-order valence-corrected chi connectivity index (χ2v) is 4.01. The second kappa shape index (κ2) is 4.61. The van der Waals surface area contributed by atoms with E-state index in [-0.39, 0.29) is 18.3 Å². The van der Waals surface area contributed by atoms with Crippen molar-refractivity contribution >= 4 is 5.91 Å². The van der Waals surface area contributed by atoms with Crippen molar-refractivity contribution in [3.63, 3.8) is 0 Å². The van der Waals surface area contributed by atoms with Gasteiger partial charge in [-0.3, -0.25) is 4.79 Å². The van der Waals surface area contributed by atoms with Gasteiger partial charge in [-0.15, -0.1) is 0 Å². The van der Waals surface area contributed by atoms with Crippen LogP contribution in [0.5, 0.6) is 0 Å². The number of β-amino-alcohol motifs (C(OH)–C–C–N with tert-alkyl or cyclic N) is 1. The van der Waals surface area contributed by atoms with Gasteiger partial charge in [-0.05, 0) is 24.1 Å². The molecule has 0 bridgehead atoms. The van der Waals surface area contributed by atoms with E-state index in [9.17, 15) is 14.3 Å². The summed E-state index contributed by atoms with van der Waals surface area (Å²) in [5, 5.41) is 9.86. The first-order chi connectivity index (χ1) is 7.66. The summed E-state index contributed by atoms with van der Waals surface area (Å²) in [6.07, 6.45) is 0.586. The molecule has 1 saturated heterocycles. The first-order valence-electron chi connectivity index (χ1n) is 5.38. The van der Waals surface area contributed by atoms with Gasteiger partial charge in [0.1, 0.15) is 5.82 Å². The molecule has 1 unspecified atom stereocenters. The molecule has 0 saturated carbocycles. The molecule has 4 heteroatoms. The first-order valence-corrected chi connectivity index (χ1v) is 5.38. The highest BCUT2D eigenvalue weighted by molar-refractivity contribution is 5.78. The predicted molar refractivity (Wildman–Crippen MR) is 57.2 cm³/mol. The van der Waals surface area contributed by atoms with Crippen molar-refractivity contribution in [2.75, 3.05) is 13.1 Å². The van der Waals surface area contributed by atoms with Crippen molar-refractivity contribution in [1.29, 1.82) is 0 Å². The third-order valence-electron chi connectivity index (χ3n) is 2.80. The normalized spacial score (nSPS) is 17.9. The third-order valence-corrected chi connectivity index (χ3v) is 2.80. The average molecular weight is 223 g/mol. The van der Waals surface area contributed by atoms with Crippen molar-refractivity contribution < 1.29 is 14.3 Å². The number of aliphatic hydroxyl groups is 1. The smallest absolute Gasteiger partial charge is 0.222 e. The summed E-state index contributed by atoms with van der Waals surface area (Å²) >= 11 is 0. The van der Waals surface area contributed by atoms with Crippen LogP contribution < -0.4 is 0 Å². The summed E-state index contributed by atoms with van der Waals surface area (Å²) in [7, 11) is 0. The zero-order valence-corrected chi connectivity index (χ0v) is 8.90. The molecule has 1 aromatic rings. The molecule has 1 amide bonds. The van der Waals surface area contributed by atoms with Gasteiger partial charge < -0.3 is 10.0 Å². The predicted octanol–water partition coefficient (Wildman–Crippen LogP) is 1.48. The molecule has 86 valence electrons. The summed E-state index contributed by atoms with van der Waals surface area (Å²) < 4.78 is 12.9. The lowest BCUT2D eigenvalue weighted by Crippen LogP contribution is -2.29. The van der Waals surface area contributed by atoms with Crippen LogP contribution in [0.25, 0.3) is 0 Å². The van der Waals surface area contributed by atoms with E-state index >= 15 is 0 Å². The molecule has 0 spiro atoms. The number of nitrogens with zero attached hydrogens (tertiary/aromatic N) is 1. The van der Waals surface area contributed by atoms with Crippen molar-refractivity contribution in [1.82, 2.24) is 4.90 Å². The van der Waals surface area contributed by atoms with Gasteiger partial charge in [0.2, 0.25) is 5.91 Å². The minimum Gasteiger partial charge on any atom is -0.387 e. The Morgan fingerprint density at radius 3 is 2.94 bits per heavy atom. The molecule has 1 N–H and O–H groups in total. The van der Waals surface area contributed by atoms with Crippen LogP contribution in [0.1, 0.15) is 24.5 Å². The van der Waals surface area contributed by atoms with Crippen LogP contribution in [0.3, 0.4) is 0 Å². The Bertz CT molecular complexity index is 394. The highest BCUT2D eigenvalue weighted by Gasteiger charge is 2.23. The van der Waals surface area contributed by atoms with E-state index in [4.69, 9.17) is 0 Å². The first kappa shape index (κ1) is 11.1. The lowest BCUT2D eigenvalue weighted by molar-refractivity contribution is -0.128. The highest BCUT2D eigenvalue weighted by atomic mass is 19.1. The fourth-order valence-electron chi connectivity index (χ4n) is 1.93. The lowest BCUT2D eigenvalue weighted by atomic mass is 10.1. The summed E-state index contributed by atoms with van der Waals surface area (Å²) in [5.41, 5.74) is 0.514. The van der Waals surface area contributed by atoms with Crippen LogP contribution in [-0.4, -0.2) is 29.0 Å². The van der Waals surface area contributed by atoms with Crippen LogP contribution in [0, 0.1) is 5.82 Å². The average Bonchev–Trinajstić information content (AvgIpc) is 2.64. The standard InChI is InChI=1S/C12H14FNO2/c13-10-4-1-3-9(7-10)11(15)8-14-6-2-5-12(14)16/h1,3-4,7,11,15H,2,5-6,8H2. The van der Waals surface area contributed by atoms with Crippen molar-refractivity contribution in [2.45, 2.75) is 18.9 Å². The van der Waals surface area contributed by atoms with Gasteiger partial charge in [0, 0.05) is 13.0 Å². The number of carbonyl (C=O) groups is 1. The molecule has 1 aromatic carbocycles. The number of halogens is 1. The number of carbonyl (C=O) groups excluding carboxylic acids is 1. The van der Waals surface area contributed by atoms with E-state index < -0.39 is 6.10 Å². The van der Waals surface area contributed by atoms with E-state index in [1.54, 1.807) is 17.0 Å². The monoisotopic (exact) mass is 223 g/mol. The van der Waals surface area contributed by atoms with E-state index in [2.05, 4.69) is 0 Å². The Balaban J connectivity index is 2.02. The number of hydrogen-bond donors (Lipinski definition) is 1. The molecule has 0 aromatic heterocycles. The number of likely N-dealkylation sites (tertiary alicyclic amines) is 1. The second-order valence-electron chi connectivity index (χ2n) is 4.01. The van der Waals surface area contributed by atoms with Crippen molar-refractivity contribution in [2.24, 2.45) is 0 Å². The van der Waals surface area contributed by atoms with E-state index in [1.165, 1.54) is 12.1 Å². The number of benzene rings is 1. The summed E-state index contributed by atoms with van der Waals surface area (Å²) in [4.78, 5) is 13.0. The van der Waals surface area contributed by atoms with Crippen molar-refractivity contribution in [3.05, 3.63) is 35.6 Å². The SMILES string of the molecule is O=C1CCCN1CC(O)c1cccc(F)c1. The van der Waals surface area contributed by atoms with E-state index in [1.807, 2.05) is 0 Å². The topological polar surface area (TPSA) is 40.5 Å². The summed E-state index contributed by atoms with van der Waals surface area (Å²) in [6, 6.07) is 5.84. The maximum atomic E-state index is 12.9. The quantitative estimate of drug-likeness (QED) is 0.843. The molecular formula is C12H14FNO2. The Kier molecular flexibility index (Phi) is 3.19. The molecule has 16 heavy (non-hydrogen) atoms. The minimum atomic E-state index is -0.808. The van der Waals surface area contributed by atoms with Gasteiger partial charge >= 0.3 is 0 Å². The fourth-order valence-corrected chi connectivity index (χ4v) is 1.93. The maximum Gasteiger partial charge on any atom is 0.222 e. The summed E-state index contributed by atoms with van der Waals surface area (Å²) in [6.45, 7) is 0.938. The summed E-state index contributed by atoms with van der Waals surface area (Å²) in [5.74, 6) is -0.306. The van der Waals surface area contributed by atoms with Crippen LogP contribution >= 0.6 is 0 Å². The third kappa shape index (κ3) is 2.39. The Labute approximate surface area is 93.5 Å². The molecule has 3 nitrogen and oxygen atoms in total. The van der Waals surface area contributed by atoms with Crippen molar-refractivity contribution in [3.8, 4) is 0 Å². The number of hydrogen-bond acceptors (Lipinski definition) is 2. The maximum absolute atomic E-state index is 12.9. The molecular weight excluding hydrogens is 209 g/mol. The molecule has 1 aliphatic heterocycles. The molecule has 1 atom stereocenters. The van der Waals surface area contributed by atoms with Gasteiger partial charge in [-0.2, -0.15) is 0 Å². The zero-order chi connectivity index (χ0) is 11.5. The number of rotatable bonds is 3. The largest absolute Gasteiger partial charge is 0.387 e. The number of aliphatic hydroxyl groups excluding tert-OH is 1. The van der Waals surface area contributed by atoms with E-state index in [0.717, 1.165) is 6.42 Å². The van der Waals surface area contributed by atoms with Gasteiger partial charge in [-0.25, -0.2) is 4.39 Å². The van der Waals surface area contributed by atoms with Gasteiger partial charge in [0.25, 0.3) is 0 Å². The van der Waals surface area contributed by atoms with Gasteiger partial charge in [0.05, 0.1) is 12.6 Å². The lowest BCUT2D eigenvalue weighted by Gasteiger charge is -2.20. The molecule has 0 radical (unpaired) electrons. The molecule has 0 aliphatic carbocycles. The fraction of sp³-hybridized carbons (Fsp3) is 0.417. The Hall–Kier alpha value is -1.42. The molecule has 1 fully saturated rings. The van der Waals surface area contributed by atoms with Gasteiger partial charge in [-0.1, -0.05) is 12.1 Å². The molecule has 1 heterocycles. The van der Waals surface area contributed by atoms with Crippen LogP contribution in [0.4, 0.5) is 4.39 Å². The Morgan fingerprint density at radius 1 is 1.50 bits per heavy atom. The molecule has 1 aliphatic rings. The minimum absolute atomic E-state index is 0.0652. The van der Waals surface area contributed by atoms with Crippen LogP contribution in [-0.2, 0) is 4.79 Å². The van der Waals surface area contributed by atoms with Crippen LogP contribution in [0.2, 0.25) is 0 Å². The Morgan fingerprint density at radius 2 is 2.31 bits per heavy atom. The van der Waals surface area contributed by atoms with Gasteiger partial charge in [0.15, 0.2) is 0 Å².